The molecule has 1 nitrogen and oxygen atoms in total. The summed E-state index contributed by atoms with van der Waals surface area (Å²) in [5.41, 5.74) is 2.25. The van der Waals surface area contributed by atoms with E-state index in [0.29, 0.717) is 10.3 Å². The third-order valence-corrected chi connectivity index (χ3v) is 17.0. The van der Waals surface area contributed by atoms with Gasteiger partial charge in [-0.2, -0.15) is 0 Å². The summed E-state index contributed by atoms with van der Waals surface area (Å²) < 4.78 is 0. The Hall–Kier alpha value is 0.134. The maximum absolute atomic E-state index is 4.08. The van der Waals surface area contributed by atoms with Gasteiger partial charge in [0.05, 0.1) is 16.1 Å². The molecule has 0 fully saturated rings. The van der Waals surface area contributed by atoms with Crippen molar-refractivity contribution in [3.05, 3.63) is 12.3 Å². The van der Waals surface area contributed by atoms with Crippen molar-refractivity contribution in [3.8, 4) is 0 Å². The molecule has 16 heavy (non-hydrogen) atoms. The smallest absolute Gasteiger partial charge is 0.0855 e. The lowest BCUT2D eigenvalue weighted by atomic mass is 10.2. The number of nitrogens with one attached hydrogen (secondary N) is 1. The van der Waals surface area contributed by atoms with Crippen LogP contribution in [0.1, 0.15) is 27.7 Å². The van der Waals surface area contributed by atoms with E-state index in [4.69, 9.17) is 0 Å². The van der Waals surface area contributed by atoms with Crippen molar-refractivity contribution in [3.63, 3.8) is 0 Å². The largest absolute Gasteiger partial charge is 0.319 e. The van der Waals surface area contributed by atoms with Gasteiger partial charge in [0.1, 0.15) is 0 Å². The predicted octanol–water partition coefficient (Wildman–Crippen LogP) is 3.99. The van der Waals surface area contributed by atoms with Crippen molar-refractivity contribution in [2.75, 3.05) is 6.54 Å². The fourth-order valence-corrected chi connectivity index (χ4v) is 13.8. The first kappa shape index (κ1) is 16.1. The topological polar surface area (TPSA) is 12.0 Å². The molecule has 96 valence electrons. The van der Waals surface area contributed by atoms with Gasteiger partial charge >= 0.3 is 0 Å². The highest BCUT2D eigenvalue weighted by Crippen LogP contribution is 2.40. The van der Waals surface area contributed by atoms with E-state index < -0.39 is 16.1 Å². The Kier molecular flexibility index (Phi) is 5.23. The van der Waals surface area contributed by atoms with Crippen LogP contribution in [0.4, 0.5) is 0 Å². The average molecular weight is 258 g/mol. The summed E-state index contributed by atoms with van der Waals surface area (Å²) in [6, 6.07) is 0. The summed E-state index contributed by atoms with van der Waals surface area (Å²) in [5.74, 6) is 0. The van der Waals surface area contributed by atoms with Gasteiger partial charge in [-0.25, -0.2) is 0 Å². The molecule has 0 aromatic heterocycles. The van der Waals surface area contributed by atoms with E-state index >= 15 is 0 Å². The van der Waals surface area contributed by atoms with Gasteiger partial charge in [-0.3, -0.25) is 0 Å². The normalized spacial score (nSPS) is 16.0. The van der Waals surface area contributed by atoms with E-state index in [1.54, 1.807) is 0 Å². The van der Waals surface area contributed by atoms with Gasteiger partial charge in [-0.1, -0.05) is 53.9 Å². The lowest BCUT2D eigenvalue weighted by Gasteiger charge is -2.48. The molecule has 0 aromatic rings. The van der Waals surface area contributed by atoms with Crippen molar-refractivity contribution < 1.29 is 0 Å². The van der Waals surface area contributed by atoms with E-state index in [-0.39, 0.29) is 0 Å². The SMILES string of the molecule is C=C[Si](C)(C)C(NCC)[Si](C)(C)C(C)(C)C. The van der Waals surface area contributed by atoms with Crippen LogP contribution in [0.5, 0.6) is 0 Å². The second-order valence-electron chi connectivity index (χ2n) is 6.99. The van der Waals surface area contributed by atoms with Crippen molar-refractivity contribution in [2.45, 2.75) is 64.2 Å². The molecule has 0 saturated heterocycles. The molecule has 0 saturated carbocycles. The minimum absolute atomic E-state index is 0.438. The Morgan fingerprint density at radius 2 is 1.62 bits per heavy atom. The Balaban J connectivity index is 5.29. The Morgan fingerprint density at radius 3 is 1.88 bits per heavy atom. The second-order valence-corrected chi connectivity index (χ2v) is 17.7. The first-order valence-corrected chi connectivity index (χ1v) is 12.6. The first-order valence-electron chi connectivity index (χ1n) is 6.37. The van der Waals surface area contributed by atoms with E-state index in [0.717, 1.165) is 6.54 Å². The Morgan fingerprint density at radius 1 is 1.19 bits per heavy atom. The molecular weight excluding hydrogens is 226 g/mol. The van der Waals surface area contributed by atoms with Gasteiger partial charge in [0.2, 0.25) is 0 Å². The second kappa shape index (κ2) is 5.19. The number of hydrogen-bond acceptors (Lipinski definition) is 1. The lowest BCUT2D eigenvalue weighted by molar-refractivity contribution is 0.666. The Bertz CT molecular complexity index is 239. The minimum Gasteiger partial charge on any atom is -0.319 e. The van der Waals surface area contributed by atoms with Crippen LogP contribution >= 0.6 is 0 Å². The van der Waals surface area contributed by atoms with Crippen LogP contribution in [0.3, 0.4) is 0 Å². The summed E-state index contributed by atoms with van der Waals surface area (Å²) in [7, 11) is -2.69. The molecule has 0 aliphatic heterocycles. The van der Waals surface area contributed by atoms with Crippen LogP contribution in [0.2, 0.25) is 31.2 Å². The molecule has 0 aromatic carbocycles. The van der Waals surface area contributed by atoms with E-state index in [1.807, 2.05) is 0 Å². The van der Waals surface area contributed by atoms with Gasteiger partial charge in [0, 0.05) is 0 Å². The number of hydrogen-bond donors (Lipinski definition) is 1. The molecule has 0 bridgehead atoms. The summed E-state index contributed by atoms with van der Waals surface area (Å²) in [5, 5.41) is 4.92. The summed E-state index contributed by atoms with van der Waals surface area (Å²) in [4.78, 5) is 0. The third-order valence-electron chi connectivity index (χ3n) is 4.33. The summed E-state index contributed by atoms with van der Waals surface area (Å²) in [6.07, 6.45) is 0. The highest BCUT2D eigenvalue weighted by molar-refractivity contribution is 7.00. The number of rotatable bonds is 5. The fraction of sp³-hybridized carbons (Fsp3) is 0.846. The molecule has 0 amide bonds. The van der Waals surface area contributed by atoms with Crippen LogP contribution in [-0.4, -0.2) is 28.0 Å². The average Bonchev–Trinajstić information content (AvgIpc) is 2.11. The zero-order valence-electron chi connectivity index (χ0n) is 12.6. The van der Waals surface area contributed by atoms with Crippen LogP contribution in [-0.2, 0) is 0 Å². The van der Waals surface area contributed by atoms with Gasteiger partial charge in [-0.15, -0.1) is 12.3 Å². The molecule has 0 rings (SSSR count). The van der Waals surface area contributed by atoms with E-state index in [2.05, 4.69) is 71.5 Å². The van der Waals surface area contributed by atoms with Crippen LogP contribution in [0.15, 0.2) is 12.3 Å². The maximum Gasteiger partial charge on any atom is 0.0855 e. The summed E-state index contributed by atoms with van der Waals surface area (Å²) >= 11 is 0. The van der Waals surface area contributed by atoms with Crippen molar-refractivity contribution >= 4 is 16.1 Å². The zero-order chi connectivity index (χ0) is 13.2. The molecular formula is C13H31NSi2. The first-order chi connectivity index (χ1) is 7.00. The monoisotopic (exact) mass is 257 g/mol. The fourth-order valence-electron chi connectivity index (χ4n) is 2.20. The van der Waals surface area contributed by atoms with Gasteiger partial charge in [0.25, 0.3) is 0 Å². The molecule has 1 atom stereocenters. The van der Waals surface area contributed by atoms with Crippen molar-refractivity contribution in [1.82, 2.24) is 5.32 Å². The summed E-state index contributed by atoms with van der Waals surface area (Å²) in [6.45, 7) is 24.5. The van der Waals surface area contributed by atoms with E-state index in [9.17, 15) is 0 Å². The molecule has 0 aliphatic rings. The molecule has 0 heterocycles. The lowest BCUT2D eigenvalue weighted by Crippen LogP contribution is -2.66. The molecule has 0 aliphatic carbocycles. The predicted molar refractivity (Wildman–Crippen MR) is 82.3 cm³/mol. The van der Waals surface area contributed by atoms with Gasteiger partial charge < -0.3 is 5.32 Å². The molecule has 0 radical (unpaired) electrons. The molecule has 0 spiro atoms. The third kappa shape index (κ3) is 3.31. The standard InChI is InChI=1S/C13H31NSi2/c1-10-14-12(15(6,7)11-2)16(8,9)13(3,4)5/h11-12,14H,2,10H2,1,3-9H3. The highest BCUT2D eigenvalue weighted by Gasteiger charge is 2.47. The minimum atomic E-state index is -1.36. The quantitative estimate of drug-likeness (QED) is 0.735. The van der Waals surface area contributed by atoms with Crippen LogP contribution in [0, 0.1) is 0 Å². The zero-order valence-corrected chi connectivity index (χ0v) is 14.6. The van der Waals surface area contributed by atoms with Gasteiger partial charge in [-0.05, 0) is 16.9 Å². The molecule has 1 unspecified atom stereocenters. The Labute approximate surface area is 105 Å². The van der Waals surface area contributed by atoms with Crippen LogP contribution < -0.4 is 5.32 Å². The molecule has 3 heteroatoms. The van der Waals surface area contributed by atoms with Crippen LogP contribution in [0.25, 0.3) is 0 Å². The van der Waals surface area contributed by atoms with Crippen molar-refractivity contribution in [2.24, 2.45) is 0 Å². The highest BCUT2D eigenvalue weighted by atomic mass is 28.4. The van der Waals surface area contributed by atoms with Crippen molar-refractivity contribution in [1.29, 1.82) is 0 Å². The van der Waals surface area contributed by atoms with Gasteiger partial charge in [0.15, 0.2) is 0 Å². The molecule has 1 N–H and O–H groups in total. The van der Waals surface area contributed by atoms with E-state index in [1.165, 1.54) is 0 Å². The maximum atomic E-state index is 4.08.